The molecule has 1 aliphatic heterocycles. The lowest BCUT2D eigenvalue weighted by Crippen LogP contribution is -2.31. The summed E-state index contributed by atoms with van der Waals surface area (Å²) in [7, 11) is 0. The van der Waals surface area contributed by atoms with Crippen LogP contribution in [0.1, 0.15) is 19.3 Å². The van der Waals surface area contributed by atoms with Crippen molar-refractivity contribution in [3.05, 3.63) is 12.5 Å². The zero-order valence-corrected chi connectivity index (χ0v) is 10.9. The second-order valence-electron chi connectivity index (χ2n) is 4.88. The topological polar surface area (TPSA) is 99.3 Å². The van der Waals surface area contributed by atoms with Crippen molar-refractivity contribution in [2.24, 2.45) is 0 Å². The Bertz CT molecular complexity index is 710. The fourth-order valence-corrected chi connectivity index (χ4v) is 2.56. The first kappa shape index (κ1) is 11.3. The van der Waals surface area contributed by atoms with Gasteiger partial charge in [-0.25, -0.2) is 9.97 Å². The number of aromatic nitrogens is 7. The number of nitrogens with zero attached hydrogens (tertiary/aromatic N) is 6. The van der Waals surface area contributed by atoms with E-state index < -0.39 is 0 Å². The van der Waals surface area contributed by atoms with Crippen LogP contribution in [0.15, 0.2) is 12.5 Å². The van der Waals surface area contributed by atoms with E-state index in [0.29, 0.717) is 11.3 Å². The minimum atomic E-state index is 0.665. The molecule has 0 atom stereocenters. The largest absolute Gasteiger partial charge is 0.341 e. The molecular weight excluding hydrogens is 256 g/mol. The van der Waals surface area contributed by atoms with Crippen LogP contribution in [0.3, 0.4) is 0 Å². The Morgan fingerprint density at radius 2 is 2.00 bits per heavy atom. The van der Waals surface area contributed by atoms with Gasteiger partial charge in [-0.2, -0.15) is 20.4 Å². The van der Waals surface area contributed by atoms with Gasteiger partial charge >= 0.3 is 0 Å². The highest BCUT2D eigenvalue weighted by molar-refractivity contribution is 5.86. The van der Waals surface area contributed by atoms with Gasteiger partial charge in [0, 0.05) is 13.1 Å². The highest BCUT2D eigenvalue weighted by atomic mass is 15.3. The fourth-order valence-electron chi connectivity index (χ4n) is 2.56. The number of hydrogen-bond donors (Lipinski definition) is 2. The standard InChI is InChI=1S/C12H14N8/c1-2-4-20(5-3-1)12-16-9(8-6-15-19-18-8)10-11(17-12)14-7-13-10/h6-7H,1-5H2,(H,15,18,19)(H,13,14,16,17). The molecule has 3 aromatic heterocycles. The van der Waals surface area contributed by atoms with Crippen LogP contribution in [0.4, 0.5) is 5.95 Å². The van der Waals surface area contributed by atoms with Gasteiger partial charge in [-0.1, -0.05) is 0 Å². The van der Waals surface area contributed by atoms with Crippen molar-refractivity contribution >= 4 is 17.1 Å². The number of nitrogens with one attached hydrogen (secondary N) is 2. The third-order valence-corrected chi connectivity index (χ3v) is 3.57. The smallest absolute Gasteiger partial charge is 0.228 e. The maximum atomic E-state index is 4.66. The first-order valence-corrected chi connectivity index (χ1v) is 6.74. The molecule has 1 aliphatic rings. The molecule has 4 heterocycles. The van der Waals surface area contributed by atoms with Crippen LogP contribution in [0, 0.1) is 0 Å². The van der Waals surface area contributed by atoms with E-state index in [-0.39, 0.29) is 0 Å². The van der Waals surface area contributed by atoms with Crippen LogP contribution in [0.25, 0.3) is 22.6 Å². The summed E-state index contributed by atoms with van der Waals surface area (Å²) in [5.41, 5.74) is 2.89. The molecule has 0 bridgehead atoms. The van der Waals surface area contributed by atoms with Crippen LogP contribution in [0.2, 0.25) is 0 Å². The monoisotopic (exact) mass is 270 g/mol. The minimum absolute atomic E-state index is 0.665. The molecule has 0 radical (unpaired) electrons. The van der Waals surface area contributed by atoms with Crippen molar-refractivity contribution in [1.82, 2.24) is 35.3 Å². The number of hydrogen-bond acceptors (Lipinski definition) is 6. The molecule has 0 unspecified atom stereocenters. The summed E-state index contributed by atoms with van der Waals surface area (Å²) < 4.78 is 0. The van der Waals surface area contributed by atoms with Crippen molar-refractivity contribution in [1.29, 1.82) is 0 Å². The number of piperidine rings is 1. The molecule has 4 rings (SSSR count). The van der Waals surface area contributed by atoms with Crippen molar-refractivity contribution in [2.45, 2.75) is 19.3 Å². The summed E-state index contributed by atoms with van der Waals surface area (Å²) in [6, 6.07) is 0. The molecule has 1 fully saturated rings. The molecular formula is C12H14N8. The van der Waals surface area contributed by atoms with Crippen molar-refractivity contribution in [3.63, 3.8) is 0 Å². The Labute approximate surface area is 114 Å². The summed E-state index contributed by atoms with van der Waals surface area (Å²) in [5, 5.41) is 10.6. The maximum Gasteiger partial charge on any atom is 0.228 e. The van der Waals surface area contributed by atoms with Gasteiger partial charge in [0.05, 0.1) is 12.5 Å². The highest BCUT2D eigenvalue weighted by Gasteiger charge is 2.19. The van der Waals surface area contributed by atoms with Gasteiger partial charge in [0.15, 0.2) is 5.65 Å². The van der Waals surface area contributed by atoms with E-state index in [1.807, 2.05) is 0 Å². The van der Waals surface area contributed by atoms with E-state index in [1.165, 1.54) is 19.3 Å². The summed E-state index contributed by atoms with van der Waals surface area (Å²) in [5.74, 6) is 0.724. The number of anilines is 1. The molecule has 8 nitrogen and oxygen atoms in total. The van der Waals surface area contributed by atoms with Crippen LogP contribution in [-0.2, 0) is 0 Å². The average Bonchev–Trinajstić information content (AvgIpc) is 3.18. The second kappa shape index (κ2) is 4.55. The SMILES string of the molecule is c1nc2nc(N3CCCCC3)nc(-c3cn[nH]n3)c2[nH]1. The predicted molar refractivity (Wildman–Crippen MR) is 73.1 cm³/mol. The summed E-state index contributed by atoms with van der Waals surface area (Å²) in [6.07, 6.45) is 6.92. The summed E-state index contributed by atoms with van der Waals surface area (Å²) in [4.78, 5) is 18.7. The van der Waals surface area contributed by atoms with E-state index in [2.05, 4.69) is 40.2 Å². The van der Waals surface area contributed by atoms with Gasteiger partial charge in [-0.05, 0) is 19.3 Å². The average molecular weight is 270 g/mol. The summed E-state index contributed by atoms with van der Waals surface area (Å²) >= 11 is 0. The first-order chi connectivity index (χ1) is 9.92. The maximum absolute atomic E-state index is 4.66. The number of rotatable bonds is 2. The number of fused-ring (bicyclic) bond motifs is 1. The van der Waals surface area contributed by atoms with Crippen molar-refractivity contribution in [2.75, 3.05) is 18.0 Å². The normalized spacial score (nSPS) is 15.9. The number of aromatic amines is 2. The van der Waals surface area contributed by atoms with Crippen LogP contribution < -0.4 is 4.90 Å². The zero-order valence-electron chi connectivity index (χ0n) is 10.9. The fraction of sp³-hybridized carbons (Fsp3) is 0.417. The zero-order chi connectivity index (χ0) is 13.4. The Morgan fingerprint density at radius 1 is 1.10 bits per heavy atom. The Morgan fingerprint density at radius 3 is 2.80 bits per heavy atom. The molecule has 102 valence electrons. The Balaban J connectivity index is 1.86. The molecule has 0 amide bonds. The summed E-state index contributed by atoms with van der Waals surface area (Å²) in [6.45, 7) is 1.99. The molecule has 0 saturated carbocycles. The highest BCUT2D eigenvalue weighted by Crippen LogP contribution is 2.25. The molecule has 8 heteroatoms. The van der Waals surface area contributed by atoms with E-state index in [4.69, 9.17) is 0 Å². The first-order valence-electron chi connectivity index (χ1n) is 6.74. The van der Waals surface area contributed by atoms with Crippen LogP contribution in [-0.4, -0.2) is 48.4 Å². The lowest BCUT2D eigenvalue weighted by Gasteiger charge is -2.26. The van der Waals surface area contributed by atoms with E-state index in [0.717, 1.165) is 30.2 Å². The number of imidazole rings is 1. The molecule has 20 heavy (non-hydrogen) atoms. The molecule has 0 aromatic carbocycles. The van der Waals surface area contributed by atoms with Gasteiger partial charge in [0.25, 0.3) is 0 Å². The minimum Gasteiger partial charge on any atom is -0.341 e. The van der Waals surface area contributed by atoms with Gasteiger partial charge < -0.3 is 9.88 Å². The van der Waals surface area contributed by atoms with E-state index >= 15 is 0 Å². The van der Waals surface area contributed by atoms with E-state index in [1.54, 1.807) is 12.5 Å². The number of H-pyrrole nitrogens is 2. The molecule has 1 saturated heterocycles. The van der Waals surface area contributed by atoms with Crippen LogP contribution >= 0.6 is 0 Å². The lowest BCUT2D eigenvalue weighted by atomic mass is 10.1. The Kier molecular flexibility index (Phi) is 2.58. The third kappa shape index (κ3) is 1.80. The van der Waals surface area contributed by atoms with E-state index in [9.17, 15) is 0 Å². The molecule has 3 aromatic rings. The molecule has 2 N–H and O–H groups in total. The van der Waals surface area contributed by atoms with Gasteiger partial charge in [0.1, 0.15) is 16.9 Å². The van der Waals surface area contributed by atoms with Crippen LogP contribution in [0.5, 0.6) is 0 Å². The quantitative estimate of drug-likeness (QED) is 0.724. The second-order valence-corrected chi connectivity index (χ2v) is 4.88. The Hall–Kier alpha value is -2.51. The predicted octanol–water partition coefficient (Wildman–Crippen LogP) is 1.13. The lowest BCUT2D eigenvalue weighted by molar-refractivity contribution is 0.569. The van der Waals surface area contributed by atoms with Gasteiger partial charge in [0.2, 0.25) is 5.95 Å². The van der Waals surface area contributed by atoms with Gasteiger partial charge in [-0.15, -0.1) is 0 Å². The third-order valence-electron chi connectivity index (χ3n) is 3.57. The van der Waals surface area contributed by atoms with Gasteiger partial charge in [-0.3, -0.25) is 0 Å². The van der Waals surface area contributed by atoms with Crippen molar-refractivity contribution in [3.8, 4) is 11.4 Å². The molecule has 0 aliphatic carbocycles. The van der Waals surface area contributed by atoms with Crippen molar-refractivity contribution < 1.29 is 0 Å². The molecule has 0 spiro atoms.